The van der Waals surface area contributed by atoms with E-state index in [0.29, 0.717) is 27.9 Å². The number of amides is 2. The second-order valence-corrected chi connectivity index (χ2v) is 8.16. The summed E-state index contributed by atoms with van der Waals surface area (Å²) in [5.41, 5.74) is 1.51. The highest BCUT2D eigenvalue weighted by molar-refractivity contribution is 8.15. The number of hydrogen-bond acceptors (Lipinski definition) is 7. The third-order valence-corrected chi connectivity index (χ3v) is 5.87. The van der Waals surface area contributed by atoms with Gasteiger partial charge in [0.15, 0.2) is 5.17 Å². The number of benzene rings is 2. The SMILES string of the molecule is C=CCN1C(=O)C[C@@H](C(=O)Nc2ccc(C(=O)OCC)cc2)SC1=Nc1cccc(OC)c1. The summed E-state index contributed by atoms with van der Waals surface area (Å²) in [5.74, 6) is -0.328. The van der Waals surface area contributed by atoms with Gasteiger partial charge in [-0.2, -0.15) is 0 Å². The lowest BCUT2D eigenvalue weighted by molar-refractivity contribution is -0.129. The van der Waals surface area contributed by atoms with Crippen molar-refractivity contribution in [1.29, 1.82) is 0 Å². The van der Waals surface area contributed by atoms with Crippen LogP contribution in [0.4, 0.5) is 11.4 Å². The molecule has 1 fully saturated rings. The van der Waals surface area contributed by atoms with Gasteiger partial charge in [-0.25, -0.2) is 9.79 Å². The smallest absolute Gasteiger partial charge is 0.338 e. The lowest BCUT2D eigenvalue weighted by Gasteiger charge is -2.31. The van der Waals surface area contributed by atoms with E-state index in [1.54, 1.807) is 68.6 Å². The Hall–Kier alpha value is -3.59. The highest BCUT2D eigenvalue weighted by atomic mass is 32.2. The molecule has 33 heavy (non-hydrogen) atoms. The number of nitrogens with zero attached hydrogens (tertiary/aromatic N) is 2. The Labute approximate surface area is 196 Å². The Morgan fingerprint density at radius 1 is 1.27 bits per heavy atom. The Bertz CT molecular complexity index is 1070. The van der Waals surface area contributed by atoms with Crippen LogP contribution in [0.5, 0.6) is 5.75 Å². The van der Waals surface area contributed by atoms with Crippen molar-refractivity contribution in [2.75, 3.05) is 25.6 Å². The maximum absolute atomic E-state index is 12.9. The van der Waals surface area contributed by atoms with E-state index in [1.165, 1.54) is 16.7 Å². The van der Waals surface area contributed by atoms with Crippen LogP contribution in [-0.2, 0) is 14.3 Å². The minimum atomic E-state index is -0.660. The second kappa shape index (κ2) is 11.3. The molecule has 1 N–H and O–H groups in total. The minimum Gasteiger partial charge on any atom is -0.497 e. The molecule has 1 aliphatic rings. The van der Waals surface area contributed by atoms with Crippen molar-refractivity contribution < 1.29 is 23.9 Å². The molecule has 2 aromatic rings. The summed E-state index contributed by atoms with van der Waals surface area (Å²) >= 11 is 1.21. The molecule has 0 spiro atoms. The largest absolute Gasteiger partial charge is 0.497 e. The van der Waals surface area contributed by atoms with Crippen molar-refractivity contribution >= 4 is 46.1 Å². The van der Waals surface area contributed by atoms with Gasteiger partial charge in [-0.15, -0.1) is 6.58 Å². The van der Waals surface area contributed by atoms with Crippen LogP contribution in [0.3, 0.4) is 0 Å². The van der Waals surface area contributed by atoms with E-state index in [-0.39, 0.29) is 31.4 Å². The third kappa shape index (κ3) is 6.23. The van der Waals surface area contributed by atoms with E-state index >= 15 is 0 Å². The molecule has 1 atom stereocenters. The van der Waals surface area contributed by atoms with Crippen molar-refractivity contribution in [2.24, 2.45) is 4.99 Å². The molecule has 8 nitrogen and oxygen atoms in total. The van der Waals surface area contributed by atoms with Crippen LogP contribution in [0.2, 0.25) is 0 Å². The average Bonchev–Trinajstić information content (AvgIpc) is 2.81. The zero-order valence-corrected chi connectivity index (χ0v) is 19.3. The summed E-state index contributed by atoms with van der Waals surface area (Å²) in [6, 6.07) is 13.5. The van der Waals surface area contributed by atoms with Crippen LogP contribution < -0.4 is 10.1 Å². The van der Waals surface area contributed by atoms with Crippen LogP contribution in [0.1, 0.15) is 23.7 Å². The topological polar surface area (TPSA) is 97.3 Å². The first-order chi connectivity index (χ1) is 15.9. The summed E-state index contributed by atoms with van der Waals surface area (Å²) in [5, 5.41) is 2.56. The van der Waals surface area contributed by atoms with Crippen LogP contribution in [0.15, 0.2) is 66.2 Å². The van der Waals surface area contributed by atoms with E-state index in [0.717, 1.165) is 0 Å². The number of carbonyl (C=O) groups excluding carboxylic acids is 3. The number of carbonyl (C=O) groups is 3. The number of nitrogens with one attached hydrogen (secondary N) is 1. The predicted molar refractivity (Wildman–Crippen MR) is 129 cm³/mol. The quantitative estimate of drug-likeness (QED) is 0.465. The normalized spacial score (nSPS) is 16.9. The molecule has 3 rings (SSSR count). The highest BCUT2D eigenvalue weighted by Crippen LogP contribution is 2.30. The van der Waals surface area contributed by atoms with Crippen molar-refractivity contribution in [3.8, 4) is 5.75 Å². The van der Waals surface area contributed by atoms with Gasteiger partial charge in [-0.3, -0.25) is 14.5 Å². The number of hydrogen-bond donors (Lipinski definition) is 1. The fourth-order valence-corrected chi connectivity index (χ4v) is 4.18. The third-order valence-electron chi connectivity index (χ3n) is 4.69. The number of thioether (sulfide) groups is 1. The van der Waals surface area contributed by atoms with Crippen molar-refractivity contribution in [3.63, 3.8) is 0 Å². The molecule has 0 unspecified atom stereocenters. The molecule has 0 aromatic heterocycles. The van der Waals surface area contributed by atoms with Gasteiger partial charge in [-0.1, -0.05) is 23.9 Å². The molecule has 0 bridgehead atoms. The maximum atomic E-state index is 12.9. The monoisotopic (exact) mass is 467 g/mol. The van der Waals surface area contributed by atoms with E-state index in [1.807, 2.05) is 0 Å². The van der Waals surface area contributed by atoms with E-state index in [4.69, 9.17) is 9.47 Å². The minimum absolute atomic E-state index is 0.0301. The summed E-state index contributed by atoms with van der Waals surface area (Å²) in [6.07, 6.45) is 1.65. The fourth-order valence-electron chi connectivity index (χ4n) is 3.07. The lowest BCUT2D eigenvalue weighted by Crippen LogP contribution is -2.45. The summed E-state index contributed by atoms with van der Waals surface area (Å²) in [4.78, 5) is 43.6. The van der Waals surface area contributed by atoms with Gasteiger partial charge >= 0.3 is 5.97 Å². The number of ether oxygens (including phenoxy) is 2. The van der Waals surface area contributed by atoms with E-state index in [2.05, 4.69) is 16.9 Å². The number of aliphatic imine (C=N–C) groups is 1. The van der Waals surface area contributed by atoms with Gasteiger partial charge in [0, 0.05) is 24.7 Å². The average molecular weight is 468 g/mol. The molecule has 0 saturated carbocycles. The van der Waals surface area contributed by atoms with Crippen molar-refractivity contribution in [2.45, 2.75) is 18.6 Å². The van der Waals surface area contributed by atoms with Crippen LogP contribution in [-0.4, -0.2) is 53.4 Å². The first-order valence-corrected chi connectivity index (χ1v) is 11.2. The molecule has 1 aliphatic heterocycles. The molecule has 0 radical (unpaired) electrons. The number of rotatable bonds is 8. The lowest BCUT2D eigenvalue weighted by atomic mass is 10.2. The second-order valence-electron chi connectivity index (χ2n) is 6.99. The molecule has 1 saturated heterocycles. The summed E-state index contributed by atoms with van der Waals surface area (Å²) in [6.45, 7) is 6.02. The molecule has 0 aliphatic carbocycles. The van der Waals surface area contributed by atoms with Gasteiger partial charge in [0.25, 0.3) is 0 Å². The molecule has 9 heteroatoms. The van der Waals surface area contributed by atoms with Crippen molar-refractivity contribution in [1.82, 2.24) is 4.90 Å². The zero-order valence-electron chi connectivity index (χ0n) is 18.4. The van der Waals surface area contributed by atoms with E-state index in [9.17, 15) is 14.4 Å². The maximum Gasteiger partial charge on any atom is 0.338 e. The predicted octanol–water partition coefficient (Wildman–Crippen LogP) is 4.02. The Morgan fingerprint density at radius 2 is 2.03 bits per heavy atom. The summed E-state index contributed by atoms with van der Waals surface area (Å²) < 4.78 is 10.2. The van der Waals surface area contributed by atoms with Crippen LogP contribution in [0, 0.1) is 0 Å². The highest BCUT2D eigenvalue weighted by Gasteiger charge is 2.35. The molecule has 2 amide bonds. The Balaban J connectivity index is 1.77. The molecular formula is C24H25N3O5S. The van der Waals surface area contributed by atoms with Gasteiger partial charge in [0.05, 0.1) is 25.0 Å². The standard InChI is InChI=1S/C24H25N3O5S/c1-4-13-27-21(28)15-20(33-24(27)26-18-7-6-8-19(14-18)31-3)22(29)25-17-11-9-16(10-12-17)23(30)32-5-2/h4,6-12,14,20H,1,5,13,15H2,2-3H3,(H,25,29)/t20-/m0/s1. The van der Waals surface area contributed by atoms with Gasteiger partial charge in [-0.05, 0) is 43.3 Å². The molecular weight excluding hydrogens is 442 g/mol. The Morgan fingerprint density at radius 3 is 2.70 bits per heavy atom. The molecule has 172 valence electrons. The first kappa shape index (κ1) is 24.1. The van der Waals surface area contributed by atoms with Gasteiger partial charge < -0.3 is 14.8 Å². The zero-order chi connectivity index (χ0) is 23.8. The molecule has 2 aromatic carbocycles. The number of anilines is 1. The number of esters is 1. The Kier molecular flexibility index (Phi) is 8.26. The van der Waals surface area contributed by atoms with Gasteiger partial charge in [0.2, 0.25) is 11.8 Å². The fraction of sp³-hybridized carbons (Fsp3) is 0.250. The van der Waals surface area contributed by atoms with Crippen LogP contribution in [0.25, 0.3) is 0 Å². The summed E-state index contributed by atoms with van der Waals surface area (Å²) in [7, 11) is 1.56. The number of methoxy groups -OCH3 is 1. The van der Waals surface area contributed by atoms with Gasteiger partial charge in [0.1, 0.15) is 11.0 Å². The van der Waals surface area contributed by atoms with E-state index < -0.39 is 11.2 Å². The molecule has 1 heterocycles. The van der Waals surface area contributed by atoms with Crippen LogP contribution >= 0.6 is 11.8 Å². The first-order valence-electron chi connectivity index (χ1n) is 10.3. The van der Waals surface area contributed by atoms with Crippen molar-refractivity contribution in [3.05, 3.63) is 66.7 Å². The number of amidine groups is 1.